The normalized spacial score (nSPS) is 17.5. The molecule has 80 valence electrons. The van der Waals surface area contributed by atoms with Gasteiger partial charge in [-0.05, 0) is 43.9 Å². The molecule has 0 aromatic heterocycles. The molecule has 1 aliphatic rings. The van der Waals surface area contributed by atoms with Crippen LogP contribution in [0.5, 0.6) is 0 Å². The molecule has 3 heteroatoms. The third-order valence-corrected chi connectivity index (χ3v) is 3.99. The van der Waals surface area contributed by atoms with Crippen molar-refractivity contribution < 1.29 is 4.79 Å². The maximum Gasteiger partial charge on any atom is 0.136 e. The van der Waals surface area contributed by atoms with E-state index < -0.39 is 0 Å². The summed E-state index contributed by atoms with van der Waals surface area (Å²) in [6, 6.07) is 5.85. The molecule has 1 aliphatic carbocycles. The van der Waals surface area contributed by atoms with Gasteiger partial charge in [0.25, 0.3) is 0 Å². The Morgan fingerprint density at radius 1 is 1.53 bits per heavy atom. The van der Waals surface area contributed by atoms with Gasteiger partial charge < -0.3 is 0 Å². The fourth-order valence-electron chi connectivity index (χ4n) is 1.83. The van der Waals surface area contributed by atoms with Crippen LogP contribution in [-0.4, -0.2) is 5.78 Å². The SMILES string of the molecule is CC(=O)C1(Cc2ccc(Br)cc2Cl)CC1. The number of halogens is 2. The molecule has 0 atom stereocenters. The predicted octanol–water partition coefficient (Wildman–Crippen LogP) is 4.01. The van der Waals surface area contributed by atoms with Crippen molar-refractivity contribution in [2.45, 2.75) is 26.2 Å². The van der Waals surface area contributed by atoms with E-state index in [4.69, 9.17) is 11.6 Å². The Kier molecular flexibility index (Phi) is 2.91. The fourth-order valence-corrected chi connectivity index (χ4v) is 2.57. The molecule has 1 fully saturated rings. The summed E-state index contributed by atoms with van der Waals surface area (Å²) in [6.45, 7) is 1.68. The Labute approximate surface area is 103 Å². The molecule has 1 saturated carbocycles. The molecule has 0 heterocycles. The highest BCUT2D eigenvalue weighted by molar-refractivity contribution is 9.10. The highest BCUT2D eigenvalue weighted by Gasteiger charge is 2.47. The molecule has 0 bridgehead atoms. The van der Waals surface area contributed by atoms with E-state index in [2.05, 4.69) is 15.9 Å². The van der Waals surface area contributed by atoms with Crippen molar-refractivity contribution in [2.75, 3.05) is 0 Å². The van der Waals surface area contributed by atoms with Crippen molar-refractivity contribution in [1.29, 1.82) is 0 Å². The van der Waals surface area contributed by atoms with E-state index in [1.807, 2.05) is 18.2 Å². The number of ketones is 1. The highest BCUT2D eigenvalue weighted by Crippen LogP contribution is 2.49. The minimum absolute atomic E-state index is 0.0997. The molecule has 2 rings (SSSR count). The van der Waals surface area contributed by atoms with Crippen molar-refractivity contribution in [3.8, 4) is 0 Å². The van der Waals surface area contributed by atoms with Crippen molar-refractivity contribution in [3.63, 3.8) is 0 Å². The molecule has 0 spiro atoms. The van der Waals surface area contributed by atoms with Gasteiger partial charge in [-0.25, -0.2) is 0 Å². The van der Waals surface area contributed by atoms with Gasteiger partial charge in [0.2, 0.25) is 0 Å². The van der Waals surface area contributed by atoms with Crippen LogP contribution in [0.1, 0.15) is 25.3 Å². The largest absolute Gasteiger partial charge is 0.299 e. The summed E-state index contributed by atoms with van der Waals surface area (Å²) in [5.74, 6) is 0.293. The lowest BCUT2D eigenvalue weighted by Gasteiger charge is -2.12. The molecular formula is C12H12BrClO. The van der Waals surface area contributed by atoms with Crippen LogP contribution in [-0.2, 0) is 11.2 Å². The Morgan fingerprint density at radius 2 is 2.20 bits per heavy atom. The van der Waals surface area contributed by atoms with E-state index in [1.54, 1.807) is 6.92 Å². The molecule has 1 nitrogen and oxygen atoms in total. The Bertz CT molecular complexity index is 410. The van der Waals surface area contributed by atoms with Crippen molar-refractivity contribution >= 4 is 33.3 Å². The maximum absolute atomic E-state index is 11.5. The summed E-state index contributed by atoms with van der Waals surface area (Å²) >= 11 is 9.50. The lowest BCUT2D eigenvalue weighted by molar-refractivity contribution is -0.121. The zero-order valence-corrected chi connectivity index (χ0v) is 10.9. The summed E-state index contributed by atoms with van der Waals surface area (Å²) in [5.41, 5.74) is 0.977. The van der Waals surface area contributed by atoms with E-state index in [1.165, 1.54) is 0 Å². The first-order valence-corrected chi connectivity index (χ1v) is 6.16. The highest BCUT2D eigenvalue weighted by atomic mass is 79.9. The van der Waals surface area contributed by atoms with Gasteiger partial charge in [0.05, 0.1) is 0 Å². The molecule has 0 amide bonds. The van der Waals surface area contributed by atoms with Crippen LogP contribution in [0.4, 0.5) is 0 Å². The van der Waals surface area contributed by atoms with Crippen LogP contribution in [0.3, 0.4) is 0 Å². The minimum atomic E-state index is -0.0997. The second-order valence-corrected chi connectivity index (χ2v) is 5.57. The number of Topliss-reactive ketones (excluding diaryl/α,β-unsaturated/α-hetero) is 1. The first-order chi connectivity index (χ1) is 7.03. The van der Waals surface area contributed by atoms with Crippen LogP contribution in [0, 0.1) is 5.41 Å². The summed E-state index contributed by atoms with van der Waals surface area (Å²) in [5, 5.41) is 0.747. The fraction of sp³-hybridized carbons (Fsp3) is 0.417. The molecule has 0 saturated heterocycles. The molecule has 15 heavy (non-hydrogen) atoms. The van der Waals surface area contributed by atoms with Crippen LogP contribution in [0.2, 0.25) is 5.02 Å². The van der Waals surface area contributed by atoms with E-state index in [0.29, 0.717) is 5.78 Å². The topological polar surface area (TPSA) is 17.1 Å². The zero-order valence-electron chi connectivity index (χ0n) is 8.52. The van der Waals surface area contributed by atoms with E-state index >= 15 is 0 Å². The zero-order chi connectivity index (χ0) is 11.1. The minimum Gasteiger partial charge on any atom is -0.299 e. The molecule has 0 aliphatic heterocycles. The monoisotopic (exact) mass is 286 g/mol. The number of hydrogen-bond donors (Lipinski definition) is 0. The smallest absolute Gasteiger partial charge is 0.136 e. The van der Waals surface area contributed by atoms with E-state index in [-0.39, 0.29) is 5.41 Å². The summed E-state index contributed by atoms with van der Waals surface area (Å²) in [4.78, 5) is 11.5. The Hall–Kier alpha value is -0.340. The standard InChI is InChI=1S/C12H12BrClO/c1-8(15)12(4-5-12)7-9-2-3-10(13)6-11(9)14/h2-3,6H,4-5,7H2,1H3. The number of rotatable bonds is 3. The molecule has 0 N–H and O–H groups in total. The molecule has 1 aromatic rings. The van der Waals surface area contributed by atoms with Gasteiger partial charge in [0.15, 0.2) is 0 Å². The van der Waals surface area contributed by atoms with Gasteiger partial charge in [-0.1, -0.05) is 33.6 Å². The average molecular weight is 288 g/mol. The lowest BCUT2D eigenvalue weighted by Crippen LogP contribution is -2.15. The van der Waals surface area contributed by atoms with Crippen molar-refractivity contribution in [2.24, 2.45) is 5.41 Å². The molecular weight excluding hydrogens is 275 g/mol. The summed E-state index contributed by atoms with van der Waals surface area (Å²) in [6.07, 6.45) is 2.80. The summed E-state index contributed by atoms with van der Waals surface area (Å²) < 4.78 is 0.976. The second-order valence-electron chi connectivity index (χ2n) is 4.25. The van der Waals surface area contributed by atoms with E-state index in [9.17, 15) is 4.79 Å². The molecule has 1 aromatic carbocycles. The van der Waals surface area contributed by atoms with Crippen LogP contribution < -0.4 is 0 Å². The van der Waals surface area contributed by atoms with Crippen molar-refractivity contribution in [1.82, 2.24) is 0 Å². The molecule has 0 unspecified atom stereocenters. The van der Waals surface area contributed by atoms with Gasteiger partial charge in [-0.3, -0.25) is 4.79 Å². The van der Waals surface area contributed by atoms with Crippen molar-refractivity contribution in [3.05, 3.63) is 33.3 Å². The van der Waals surface area contributed by atoms with E-state index in [0.717, 1.165) is 34.3 Å². The lowest BCUT2D eigenvalue weighted by atomic mass is 9.93. The third kappa shape index (κ3) is 2.26. The average Bonchev–Trinajstić information content (AvgIpc) is 2.91. The maximum atomic E-state index is 11.5. The van der Waals surface area contributed by atoms with Crippen LogP contribution in [0.25, 0.3) is 0 Å². The number of benzene rings is 1. The van der Waals surface area contributed by atoms with Gasteiger partial charge in [0.1, 0.15) is 5.78 Å². The third-order valence-electron chi connectivity index (χ3n) is 3.14. The van der Waals surface area contributed by atoms with Crippen LogP contribution >= 0.6 is 27.5 Å². The Balaban J connectivity index is 2.21. The number of hydrogen-bond acceptors (Lipinski definition) is 1. The quantitative estimate of drug-likeness (QED) is 0.821. The number of carbonyl (C=O) groups is 1. The van der Waals surface area contributed by atoms with Gasteiger partial charge in [-0.15, -0.1) is 0 Å². The van der Waals surface area contributed by atoms with Crippen LogP contribution in [0.15, 0.2) is 22.7 Å². The first-order valence-electron chi connectivity index (χ1n) is 4.98. The Morgan fingerprint density at radius 3 is 2.67 bits per heavy atom. The van der Waals surface area contributed by atoms with Gasteiger partial charge in [-0.2, -0.15) is 0 Å². The van der Waals surface area contributed by atoms with Gasteiger partial charge >= 0.3 is 0 Å². The predicted molar refractivity (Wildman–Crippen MR) is 65.2 cm³/mol. The second kappa shape index (κ2) is 3.91. The van der Waals surface area contributed by atoms with Gasteiger partial charge in [0, 0.05) is 14.9 Å². The number of carbonyl (C=O) groups excluding carboxylic acids is 1. The first kappa shape index (κ1) is 11.2. The summed E-state index contributed by atoms with van der Waals surface area (Å²) in [7, 11) is 0. The molecule has 0 radical (unpaired) electrons.